The second-order valence-corrected chi connectivity index (χ2v) is 6.45. The molecule has 2 aromatic carbocycles. The number of ether oxygens (including phenoxy) is 1. The molecule has 0 radical (unpaired) electrons. The highest BCUT2D eigenvalue weighted by molar-refractivity contribution is 6.31. The fourth-order valence-electron chi connectivity index (χ4n) is 2.92. The Morgan fingerprint density at radius 3 is 2.48 bits per heavy atom. The quantitative estimate of drug-likeness (QED) is 0.812. The number of urea groups is 1. The molecule has 6 nitrogen and oxygen atoms in total. The summed E-state index contributed by atoms with van der Waals surface area (Å²) in [6.07, 6.45) is 0. The highest BCUT2D eigenvalue weighted by Gasteiger charge is 2.23. The molecule has 0 aliphatic carbocycles. The predicted molar refractivity (Wildman–Crippen MR) is 102 cm³/mol. The van der Waals surface area contributed by atoms with Crippen LogP contribution >= 0.6 is 11.6 Å². The van der Waals surface area contributed by atoms with Crippen molar-refractivity contribution in [3.8, 4) is 0 Å². The standard InChI is InChI=1S/C19H19ClFN3O3/c1-27-18(25)14-4-2-3-5-17(14)22-19(26)24-10-8-23(9-11-24)13-6-7-16(21)15(20)12-13/h2-7,12H,8-11H2,1H3,(H,22,26). The van der Waals surface area contributed by atoms with Crippen molar-refractivity contribution in [1.82, 2.24) is 4.90 Å². The van der Waals surface area contributed by atoms with Crippen LogP contribution in [-0.4, -0.2) is 50.2 Å². The number of piperazine rings is 1. The van der Waals surface area contributed by atoms with Gasteiger partial charge in [-0.05, 0) is 30.3 Å². The Morgan fingerprint density at radius 1 is 1.11 bits per heavy atom. The number of methoxy groups -OCH3 is 1. The number of nitrogens with zero attached hydrogens (tertiary/aromatic N) is 2. The Kier molecular flexibility index (Phi) is 5.81. The van der Waals surface area contributed by atoms with Crippen molar-refractivity contribution in [2.24, 2.45) is 0 Å². The van der Waals surface area contributed by atoms with Crippen molar-refractivity contribution in [3.05, 3.63) is 58.9 Å². The van der Waals surface area contributed by atoms with Crippen molar-refractivity contribution in [1.29, 1.82) is 0 Å². The summed E-state index contributed by atoms with van der Waals surface area (Å²) >= 11 is 5.84. The molecular weight excluding hydrogens is 373 g/mol. The lowest BCUT2D eigenvalue weighted by Gasteiger charge is -2.36. The zero-order valence-corrected chi connectivity index (χ0v) is 15.5. The van der Waals surface area contributed by atoms with Crippen LogP contribution in [0.5, 0.6) is 0 Å². The van der Waals surface area contributed by atoms with Crippen LogP contribution in [0.25, 0.3) is 0 Å². The highest BCUT2D eigenvalue weighted by atomic mass is 35.5. The number of esters is 1. The van der Waals surface area contributed by atoms with Gasteiger partial charge in [-0.1, -0.05) is 23.7 Å². The number of hydrogen-bond donors (Lipinski definition) is 1. The Labute approximate surface area is 161 Å². The molecule has 1 N–H and O–H groups in total. The number of benzene rings is 2. The van der Waals surface area contributed by atoms with Crippen LogP contribution in [0.2, 0.25) is 5.02 Å². The third-order valence-corrected chi connectivity index (χ3v) is 4.70. The number of rotatable bonds is 3. The molecule has 8 heteroatoms. The first kappa shape index (κ1) is 19.0. The van der Waals surface area contributed by atoms with Gasteiger partial charge >= 0.3 is 12.0 Å². The lowest BCUT2D eigenvalue weighted by molar-refractivity contribution is 0.0602. The van der Waals surface area contributed by atoms with Gasteiger partial charge in [0.1, 0.15) is 5.82 Å². The molecule has 1 saturated heterocycles. The highest BCUT2D eigenvalue weighted by Crippen LogP contribution is 2.24. The fourth-order valence-corrected chi connectivity index (χ4v) is 3.10. The lowest BCUT2D eigenvalue weighted by atomic mass is 10.2. The number of hydrogen-bond acceptors (Lipinski definition) is 4. The van der Waals surface area contributed by atoms with Gasteiger partial charge in [0.25, 0.3) is 0 Å². The molecule has 0 spiro atoms. The Morgan fingerprint density at radius 2 is 1.81 bits per heavy atom. The van der Waals surface area contributed by atoms with Gasteiger partial charge in [0.15, 0.2) is 0 Å². The normalized spacial score (nSPS) is 14.0. The molecule has 0 unspecified atom stereocenters. The molecule has 27 heavy (non-hydrogen) atoms. The van der Waals surface area contributed by atoms with E-state index < -0.39 is 11.8 Å². The summed E-state index contributed by atoms with van der Waals surface area (Å²) in [6, 6.07) is 11.0. The lowest BCUT2D eigenvalue weighted by Crippen LogP contribution is -2.50. The summed E-state index contributed by atoms with van der Waals surface area (Å²) in [7, 11) is 1.29. The summed E-state index contributed by atoms with van der Waals surface area (Å²) < 4.78 is 18.0. The minimum atomic E-state index is -0.510. The van der Waals surface area contributed by atoms with Gasteiger partial charge in [-0.25, -0.2) is 14.0 Å². The topological polar surface area (TPSA) is 61.9 Å². The molecule has 1 heterocycles. The molecule has 2 amide bonds. The third kappa shape index (κ3) is 4.31. The minimum absolute atomic E-state index is 0.0760. The van der Waals surface area contributed by atoms with Crippen LogP contribution in [0.1, 0.15) is 10.4 Å². The number of amides is 2. The minimum Gasteiger partial charge on any atom is -0.465 e. The van der Waals surface area contributed by atoms with Crippen molar-refractivity contribution < 1.29 is 18.7 Å². The molecule has 3 rings (SSSR count). The summed E-state index contributed by atoms with van der Waals surface area (Å²) in [5.41, 5.74) is 1.52. The van der Waals surface area contributed by atoms with E-state index in [4.69, 9.17) is 16.3 Å². The Bertz CT molecular complexity index is 854. The molecule has 0 bridgehead atoms. The molecule has 1 aliphatic rings. The van der Waals surface area contributed by atoms with Crippen molar-refractivity contribution >= 4 is 35.0 Å². The molecule has 2 aromatic rings. The molecule has 1 fully saturated rings. The van der Waals surface area contributed by atoms with Gasteiger partial charge < -0.3 is 19.9 Å². The van der Waals surface area contributed by atoms with Crippen molar-refractivity contribution in [3.63, 3.8) is 0 Å². The summed E-state index contributed by atoms with van der Waals surface area (Å²) in [4.78, 5) is 28.1. The van der Waals surface area contributed by atoms with Gasteiger partial charge in [-0.3, -0.25) is 0 Å². The molecular formula is C19H19ClFN3O3. The maximum Gasteiger partial charge on any atom is 0.339 e. The van der Waals surface area contributed by atoms with E-state index in [1.165, 1.54) is 13.2 Å². The zero-order valence-electron chi connectivity index (χ0n) is 14.7. The van der Waals surface area contributed by atoms with E-state index in [0.717, 1.165) is 5.69 Å². The van der Waals surface area contributed by atoms with E-state index >= 15 is 0 Å². The van der Waals surface area contributed by atoms with Crippen molar-refractivity contribution in [2.45, 2.75) is 0 Å². The maximum atomic E-state index is 13.3. The van der Waals surface area contributed by atoms with Gasteiger partial charge in [-0.15, -0.1) is 0 Å². The monoisotopic (exact) mass is 391 g/mol. The van der Waals surface area contributed by atoms with Gasteiger partial charge in [0, 0.05) is 31.9 Å². The number of para-hydroxylation sites is 1. The van der Waals surface area contributed by atoms with E-state index in [0.29, 0.717) is 37.4 Å². The van der Waals surface area contributed by atoms with Crippen LogP contribution in [0.3, 0.4) is 0 Å². The zero-order chi connectivity index (χ0) is 19.4. The first-order valence-electron chi connectivity index (χ1n) is 8.43. The second-order valence-electron chi connectivity index (χ2n) is 6.04. The summed E-state index contributed by atoms with van der Waals surface area (Å²) in [6.45, 7) is 2.16. The number of carbonyl (C=O) groups excluding carboxylic acids is 2. The average molecular weight is 392 g/mol. The van der Waals surface area contributed by atoms with Gasteiger partial charge in [0.05, 0.1) is 23.4 Å². The van der Waals surface area contributed by atoms with E-state index in [9.17, 15) is 14.0 Å². The predicted octanol–water partition coefficient (Wildman–Crippen LogP) is 3.62. The second kappa shape index (κ2) is 8.26. The Balaban J connectivity index is 1.62. The van der Waals surface area contributed by atoms with Crippen LogP contribution in [0, 0.1) is 5.82 Å². The summed E-state index contributed by atoms with van der Waals surface area (Å²) in [5, 5.41) is 2.84. The van der Waals surface area contributed by atoms with Gasteiger partial charge in [0.2, 0.25) is 0 Å². The SMILES string of the molecule is COC(=O)c1ccccc1NC(=O)N1CCN(c2ccc(F)c(Cl)c2)CC1. The van der Waals surface area contributed by atoms with E-state index in [2.05, 4.69) is 5.32 Å². The van der Waals surface area contributed by atoms with Crippen LogP contribution < -0.4 is 10.2 Å². The average Bonchev–Trinajstić information content (AvgIpc) is 2.70. The largest absolute Gasteiger partial charge is 0.465 e. The number of carbonyl (C=O) groups is 2. The maximum absolute atomic E-state index is 13.3. The molecule has 0 aromatic heterocycles. The summed E-state index contributed by atoms with van der Waals surface area (Å²) in [5.74, 6) is -0.966. The van der Waals surface area contributed by atoms with E-state index in [-0.39, 0.29) is 11.1 Å². The van der Waals surface area contributed by atoms with E-state index in [1.807, 2.05) is 4.90 Å². The number of nitrogens with one attached hydrogen (secondary N) is 1. The molecule has 0 saturated carbocycles. The number of halogens is 2. The smallest absolute Gasteiger partial charge is 0.339 e. The first-order valence-corrected chi connectivity index (χ1v) is 8.80. The fraction of sp³-hybridized carbons (Fsp3) is 0.263. The Hall–Kier alpha value is -2.80. The van der Waals surface area contributed by atoms with Crippen LogP contribution in [0.15, 0.2) is 42.5 Å². The van der Waals surface area contributed by atoms with Crippen molar-refractivity contribution in [2.75, 3.05) is 43.5 Å². The van der Waals surface area contributed by atoms with E-state index in [1.54, 1.807) is 41.3 Å². The first-order chi connectivity index (χ1) is 13.0. The molecule has 142 valence electrons. The molecule has 0 atom stereocenters. The number of anilines is 2. The van der Waals surface area contributed by atoms with Gasteiger partial charge in [-0.2, -0.15) is 0 Å². The third-order valence-electron chi connectivity index (χ3n) is 4.41. The van der Waals surface area contributed by atoms with Crippen LogP contribution in [-0.2, 0) is 4.74 Å². The van der Waals surface area contributed by atoms with Crippen LogP contribution in [0.4, 0.5) is 20.6 Å². The molecule has 1 aliphatic heterocycles.